The van der Waals surface area contributed by atoms with E-state index >= 15 is 0 Å². The first kappa shape index (κ1) is 14.3. The number of para-hydroxylation sites is 1. The topological polar surface area (TPSA) is 58.4 Å². The van der Waals surface area contributed by atoms with E-state index in [0.29, 0.717) is 6.04 Å². The molecule has 0 aromatic heterocycles. The lowest BCUT2D eigenvalue weighted by Crippen LogP contribution is -2.43. The lowest BCUT2D eigenvalue weighted by molar-refractivity contribution is -0.384. The molecular formula is C16H23N3O2. The predicted molar refractivity (Wildman–Crippen MR) is 83.8 cm³/mol. The van der Waals surface area contributed by atoms with Crippen molar-refractivity contribution in [2.75, 3.05) is 24.5 Å². The zero-order chi connectivity index (χ0) is 14.8. The molecule has 0 atom stereocenters. The molecule has 21 heavy (non-hydrogen) atoms. The molecule has 0 radical (unpaired) electrons. The first-order valence-electron chi connectivity index (χ1n) is 7.87. The number of rotatable bonds is 5. The van der Waals surface area contributed by atoms with Gasteiger partial charge in [0.2, 0.25) is 0 Å². The van der Waals surface area contributed by atoms with Gasteiger partial charge < -0.3 is 10.2 Å². The Morgan fingerprint density at radius 2 is 2.00 bits per heavy atom. The highest BCUT2D eigenvalue weighted by molar-refractivity contribution is 5.67. The van der Waals surface area contributed by atoms with Gasteiger partial charge in [0.1, 0.15) is 5.69 Å². The molecule has 1 aliphatic heterocycles. The number of nitro groups is 1. The van der Waals surface area contributed by atoms with E-state index in [9.17, 15) is 10.1 Å². The molecule has 1 aromatic carbocycles. The number of piperidine rings is 1. The van der Waals surface area contributed by atoms with Crippen LogP contribution in [0, 0.1) is 23.0 Å². The molecule has 1 saturated heterocycles. The van der Waals surface area contributed by atoms with Crippen LogP contribution in [0.4, 0.5) is 11.4 Å². The van der Waals surface area contributed by atoms with Crippen molar-refractivity contribution in [1.82, 2.24) is 5.32 Å². The summed E-state index contributed by atoms with van der Waals surface area (Å²) in [7, 11) is 0. The SMILES string of the molecule is Cc1cccc([N+](=O)[O-])c1N1CCC(NCC2CC2)CC1. The summed E-state index contributed by atoms with van der Waals surface area (Å²) in [5.41, 5.74) is 2.04. The average molecular weight is 289 g/mol. The third-order valence-electron chi connectivity index (χ3n) is 4.62. The maximum absolute atomic E-state index is 11.2. The molecule has 2 fully saturated rings. The second kappa shape index (κ2) is 6.02. The van der Waals surface area contributed by atoms with Gasteiger partial charge in [-0.15, -0.1) is 0 Å². The number of nitrogens with one attached hydrogen (secondary N) is 1. The minimum absolute atomic E-state index is 0.236. The van der Waals surface area contributed by atoms with E-state index in [4.69, 9.17) is 0 Å². The van der Waals surface area contributed by atoms with Gasteiger partial charge in [0.05, 0.1) is 4.92 Å². The minimum Gasteiger partial charge on any atom is -0.366 e. The number of nitrogens with zero attached hydrogens (tertiary/aromatic N) is 2. The third-order valence-corrected chi connectivity index (χ3v) is 4.62. The van der Waals surface area contributed by atoms with Crippen molar-refractivity contribution in [2.24, 2.45) is 5.92 Å². The Morgan fingerprint density at radius 1 is 1.29 bits per heavy atom. The van der Waals surface area contributed by atoms with E-state index in [0.717, 1.165) is 49.6 Å². The molecule has 3 rings (SSSR count). The van der Waals surface area contributed by atoms with Gasteiger partial charge in [0, 0.05) is 25.2 Å². The van der Waals surface area contributed by atoms with Crippen LogP contribution in [0.5, 0.6) is 0 Å². The fraction of sp³-hybridized carbons (Fsp3) is 0.625. The summed E-state index contributed by atoms with van der Waals surface area (Å²) in [6.07, 6.45) is 4.89. The van der Waals surface area contributed by atoms with Gasteiger partial charge in [0.15, 0.2) is 0 Å². The molecule has 2 aliphatic rings. The van der Waals surface area contributed by atoms with Crippen LogP contribution in [0.15, 0.2) is 18.2 Å². The van der Waals surface area contributed by atoms with E-state index < -0.39 is 0 Å². The van der Waals surface area contributed by atoms with Crippen LogP contribution < -0.4 is 10.2 Å². The number of aryl methyl sites for hydroxylation is 1. The van der Waals surface area contributed by atoms with Crippen LogP contribution >= 0.6 is 0 Å². The molecule has 1 saturated carbocycles. The van der Waals surface area contributed by atoms with E-state index in [1.165, 1.54) is 12.8 Å². The quantitative estimate of drug-likeness (QED) is 0.669. The molecule has 0 unspecified atom stereocenters. The lowest BCUT2D eigenvalue weighted by Gasteiger charge is -2.34. The maximum Gasteiger partial charge on any atom is 0.292 e. The van der Waals surface area contributed by atoms with Crippen LogP contribution in [-0.4, -0.2) is 30.6 Å². The van der Waals surface area contributed by atoms with Gasteiger partial charge in [-0.1, -0.05) is 12.1 Å². The fourth-order valence-electron chi connectivity index (χ4n) is 3.16. The molecule has 0 bridgehead atoms. The summed E-state index contributed by atoms with van der Waals surface area (Å²) in [5, 5.41) is 14.9. The van der Waals surface area contributed by atoms with E-state index in [-0.39, 0.29) is 10.6 Å². The number of hydrogen-bond acceptors (Lipinski definition) is 4. The summed E-state index contributed by atoms with van der Waals surface area (Å²) in [6, 6.07) is 5.91. The molecule has 0 amide bonds. The van der Waals surface area contributed by atoms with Crippen LogP contribution in [0.2, 0.25) is 0 Å². The molecule has 1 N–H and O–H groups in total. The smallest absolute Gasteiger partial charge is 0.292 e. The van der Waals surface area contributed by atoms with Crippen LogP contribution in [0.3, 0.4) is 0 Å². The van der Waals surface area contributed by atoms with Crippen LogP contribution in [0.1, 0.15) is 31.2 Å². The second-order valence-corrected chi connectivity index (χ2v) is 6.31. The number of nitro benzene ring substituents is 1. The highest BCUT2D eigenvalue weighted by Gasteiger charge is 2.27. The summed E-state index contributed by atoms with van der Waals surface area (Å²) in [4.78, 5) is 13.2. The average Bonchev–Trinajstić information content (AvgIpc) is 3.30. The highest BCUT2D eigenvalue weighted by Crippen LogP contribution is 2.33. The molecule has 1 aromatic rings. The van der Waals surface area contributed by atoms with Gasteiger partial charge in [-0.2, -0.15) is 0 Å². The normalized spacial score (nSPS) is 19.8. The first-order chi connectivity index (χ1) is 10.1. The first-order valence-corrected chi connectivity index (χ1v) is 7.87. The van der Waals surface area contributed by atoms with Gasteiger partial charge in [-0.25, -0.2) is 0 Å². The Hall–Kier alpha value is -1.62. The number of benzene rings is 1. The Labute approximate surface area is 125 Å². The Kier molecular flexibility index (Phi) is 4.10. The van der Waals surface area contributed by atoms with Crippen molar-refractivity contribution in [1.29, 1.82) is 0 Å². The summed E-state index contributed by atoms with van der Waals surface area (Å²) in [5.74, 6) is 0.903. The molecule has 114 valence electrons. The van der Waals surface area contributed by atoms with Crippen LogP contribution in [0.25, 0.3) is 0 Å². The van der Waals surface area contributed by atoms with Crippen molar-refractivity contribution in [3.63, 3.8) is 0 Å². The maximum atomic E-state index is 11.2. The van der Waals surface area contributed by atoms with Crippen LogP contribution in [-0.2, 0) is 0 Å². The Balaban J connectivity index is 1.64. The van der Waals surface area contributed by atoms with Gasteiger partial charge in [0.25, 0.3) is 5.69 Å². The van der Waals surface area contributed by atoms with Crippen molar-refractivity contribution in [3.05, 3.63) is 33.9 Å². The van der Waals surface area contributed by atoms with Gasteiger partial charge in [-0.3, -0.25) is 10.1 Å². The second-order valence-electron chi connectivity index (χ2n) is 6.31. The zero-order valence-corrected chi connectivity index (χ0v) is 12.5. The molecule has 5 nitrogen and oxygen atoms in total. The van der Waals surface area contributed by atoms with Crippen molar-refractivity contribution >= 4 is 11.4 Å². The largest absolute Gasteiger partial charge is 0.366 e. The van der Waals surface area contributed by atoms with Gasteiger partial charge >= 0.3 is 0 Å². The highest BCUT2D eigenvalue weighted by atomic mass is 16.6. The van der Waals surface area contributed by atoms with E-state index in [1.54, 1.807) is 12.1 Å². The van der Waals surface area contributed by atoms with E-state index in [2.05, 4.69) is 10.2 Å². The monoisotopic (exact) mass is 289 g/mol. The molecule has 5 heteroatoms. The summed E-state index contributed by atoms with van der Waals surface area (Å²) in [6.45, 7) is 4.90. The van der Waals surface area contributed by atoms with Crippen molar-refractivity contribution < 1.29 is 4.92 Å². The molecular weight excluding hydrogens is 266 g/mol. The number of anilines is 1. The lowest BCUT2D eigenvalue weighted by atomic mass is 10.0. The molecule has 1 heterocycles. The predicted octanol–water partition coefficient (Wildman–Crippen LogP) is 2.87. The molecule has 0 spiro atoms. The summed E-state index contributed by atoms with van der Waals surface area (Å²) >= 11 is 0. The standard InChI is InChI=1S/C16H23N3O2/c1-12-3-2-4-15(19(20)21)16(12)18-9-7-14(8-10-18)17-11-13-5-6-13/h2-4,13-14,17H,5-11H2,1H3. The number of hydrogen-bond donors (Lipinski definition) is 1. The van der Waals surface area contributed by atoms with Gasteiger partial charge in [-0.05, 0) is 50.6 Å². The van der Waals surface area contributed by atoms with Crippen molar-refractivity contribution in [3.8, 4) is 0 Å². The zero-order valence-electron chi connectivity index (χ0n) is 12.5. The van der Waals surface area contributed by atoms with E-state index in [1.807, 2.05) is 13.0 Å². The third kappa shape index (κ3) is 3.35. The van der Waals surface area contributed by atoms with Crippen molar-refractivity contribution in [2.45, 2.75) is 38.6 Å². The Bertz CT molecular complexity index is 520. The minimum atomic E-state index is -0.264. The fourth-order valence-corrected chi connectivity index (χ4v) is 3.16. The summed E-state index contributed by atoms with van der Waals surface area (Å²) < 4.78 is 0. The Morgan fingerprint density at radius 3 is 2.62 bits per heavy atom. The molecule has 1 aliphatic carbocycles.